The monoisotopic (exact) mass is 470 g/mol. The molecule has 162 valence electrons. The van der Waals surface area contributed by atoms with E-state index >= 15 is 0 Å². The van der Waals surface area contributed by atoms with Crippen LogP contribution in [0, 0.1) is 0 Å². The fourth-order valence-electron chi connectivity index (χ4n) is 2.89. The summed E-state index contributed by atoms with van der Waals surface area (Å²) >= 11 is 12.5. The number of hydrogen-bond donors (Lipinski definition) is 1. The Balaban J connectivity index is 2.63. The van der Waals surface area contributed by atoms with E-state index in [4.69, 9.17) is 32.2 Å². The Morgan fingerprint density at radius 3 is 2.10 bits per heavy atom. The van der Waals surface area contributed by atoms with Crippen molar-refractivity contribution in [1.29, 1.82) is 0 Å². The molecular weight excluding hydrogens is 446 g/mol. The molecule has 0 aliphatic carbocycles. The summed E-state index contributed by atoms with van der Waals surface area (Å²) in [7, 11) is -3.83. The van der Waals surface area contributed by atoms with Crippen LogP contribution in [0.15, 0.2) is 53.6 Å². The second-order valence-corrected chi connectivity index (χ2v) is 9.16. The van der Waals surface area contributed by atoms with E-state index in [2.05, 4.69) is 10.5 Å². The van der Waals surface area contributed by atoms with Crippen LogP contribution in [0.2, 0.25) is 10.0 Å². The summed E-state index contributed by atoms with van der Waals surface area (Å²) in [6.07, 6.45) is 0.0743. The molecule has 0 saturated carbocycles. The molecule has 0 aromatic heterocycles. The third-order valence-electron chi connectivity index (χ3n) is 4.13. The highest BCUT2D eigenvalue weighted by atomic mass is 35.5. The Morgan fingerprint density at radius 2 is 1.60 bits per heavy atom. The van der Waals surface area contributed by atoms with Crippen molar-refractivity contribution < 1.29 is 18.4 Å². The molecule has 30 heavy (non-hydrogen) atoms. The van der Waals surface area contributed by atoms with E-state index in [9.17, 15) is 9.36 Å². The number of hydrazone groups is 1. The topological polar surface area (TPSA) is 77.0 Å². The fraction of sp³-hybridized carbons (Fsp3) is 0.333. The number of nitrogens with zero attached hydrogens (tertiary/aromatic N) is 1. The Morgan fingerprint density at radius 1 is 1.03 bits per heavy atom. The quantitative estimate of drug-likeness (QED) is 0.223. The van der Waals surface area contributed by atoms with Gasteiger partial charge in [-0.25, -0.2) is 0 Å². The smallest absolute Gasteiger partial charge is 0.305 e. The maximum atomic E-state index is 13.7. The molecule has 0 aliphatic heterocycles. The summed E-state index contributed by atoms with van der Waals surface area (Å²) in [4.78, 5) is 12.1. The highest BCUT2D eigenvalue weighted by molar-refractivity contribution is 7.72. The van der Waals surface area contributed by atoms with Crippen LogP contribution in [0.5, 0.6) is 0 Å². The number of rotatable bonds is 11. The first-order chi connectivity index (χ1) is 14.3. The van der Waals surface area contributed by atoms with E-state index in [-0.39, 0.29) is 30.9 Å². The normalized spacial score (nSPS) is 13.2. The zero-order valence-electron chi connectivity index (χ0n) is 17.1. The van der Waals surface area contributed by atoms with Gasteiger partial charge in [-0.3, -0.25) is 14.8 Å². The molecule has 2 rings (SSSR count). The lowest BCUT2D eigenvalue weighted by atomic mass is 9.95. The number of nitrogens with one attached hydrogen (secondary N) is 1. The molecule has 0 fully saturated rings. The molecule has 1 unspecified atom stereocenters. The van der Waals surface area contributed by atoms with Gasteiger partial charge in [-0.2, -0.15) is 5.10 Å². The van der Waals surface area contributed by atoms with Crippen molar-refractivity contribution >= 4 is 47.7 Å². The minimum atomic E-state index is -3.83. The van der Waals surface area contributed by atoms with E-state index in [1.165, 1.54) is 6.92 Å². The predicted molar refractivity (Wildman–Crippen MR) is 123 cm³/mol. The van der Waals surface area contributed by atoms with Crippen LogP contribution < -0.4 is 5.43 Å². The molecule has 0 heterocycles. The number of Topliss-reactive ketones (excluding diaryl/α,β-unsaturated/α-hetero) is 1. The van der Waals surface area contributed by atoms with Crippen LogP contribution >= 0.6 is 30.8 Å². The molecule has 9 heteroatoms. The molecule has 6 nitrogen and oxygen atoms in total. The lowest BCUT2D eigenvalue weighted by Gasteiger charge is -2.25. The maximum Gasteiger partial charge on any atom is 0.377 e. The summed E-state index contributed by atoms with van der Waals surface area (Å²) in [5.74, 6) is -0.715. The van der Waals surface area contributed by atoms with Crippen LogP contribution in [0.3, 0.4) is 0 Å². The van der Waals surface area contributed by atoms with Gasteiger partial charge in [0.05, 0.1) is 28.9 Å². The number of carbonyl (C=O) groups is 1. The molecule has 0 saturated heterocycles. The van der Waals surface area contributed by atoms with Gasteiger partial charge in [-0.1, -0.05) is 59.6 Å². The second kappa shape index (κ2) is 11.6. The fourth-order valence-corrected chi connectivity index (χ4v) is 5.18. The molecule has 2 aromatic carbocycles. The van der Waals surface area contributed by atoms with Crippen molar-refractivity contribution in [1.82, 2.24) is 0 Å². The lowest BCUT2D eigenvalue weighted by Crippen LogP contribution is -2.20. The largest absolute Gasteiger partial charge is 0.377 e. The van der Waals surface area contributed by atoms with Crippen molar-refractivity contribution in [3.05, 3.63) is 64.1 Å². The minimum Gasteiger partial charge on any atom is -0.305 e. The van der Waals surface area contributed by atoms with Crippen LogP contribution in [0.25, 0.3) is 0 Å². The minimum absolute atomic E-state index is 0.0743. The van der Waals surface area contributed by atoms with Crippen molar-refractivity contribution in [2.45, 2.75) is 33.1 Å². The van der Waals surface area contributed by atoms with Crippen molar-refractivity contribution in [2.75, 3.05) is 18.6 Å². The number of anilines is 1. The molecule has 0 aliphatic rings. The van der Waals surface area contributed by atoms with Gasteiger partial charge in [0.2, 0.25) is 0 Å². The van der Waals surface area contributed by atoms with E-state index in [1.807, 2.05) is 30.3 Å². The lowest BCUT2D eigenvalue weighted by molar-refractivity contribution is -0.117. The Labute approximate surface area is 187 Å². The Kier molecular flexibility index (Phi) is 9.53. The van der Waals surface area contributed by atoms with Gasteiger partial charge >= 0.3 is 7.60 Å². The molecule has 0 radical (unpaired) electrons. The van der Waals surface area contributed by atoms with E-state index < -0.39 is 13.5 Å². The average molecular weight is 471 g/mol. The number of halogens is 2. The van der Waals surface area contributed by atoms with Crippen LogP contribution in [0.4, 0.5) is 5.69 Å². The third kappa shape index (κ3) is 6.40. The highest BCUT2D eigenvalue weighted by Gasteiger charge is 2.39. The molecule has 0 bridgehead atoms. The van der Waals surface area contributed by atoms with E-state index in [0.717, 1.165) is 5.56 Å². The van der Waals surface area contributed by atoms with Gasteiger partial charge in [0, 0.05) is 12.3 Å². The third-order valence-corrected chi connectivity index (χ3v) is 6.93. The summed E-state index contributed by atoms with van der Waals surface area (Å²) in [6.45, 7) is 5.18. The highest BCUT2D eigenvalue weighted by Crippen LogP contribution is 2.54. The van der Waals surface area contributed by atoms with Crippen LogP contribution in [-0.2, 0) is 18.4 Å². The van der Waals surface area contributed by atoms with Gasteiger partial charge in [-0.15, -0.1) is 0 Å². The number of carbonyl (C=O) groups excluding carboxylic acids is 1. The van der Waals surface area contributed by atoms with Crippen molar-refractivity contribution in [2.24, 2.45) is 5.10 Å². The summed E-state index contributed by atoms with van der Waals surface area (Å²) < 4.78 is 24.8. The molecule has 0 amide bonds. The zero-order valence-corrected chi connectivity index (χ0v) is 19.5. The van der Waals surface area contributed by atoms with Crippen molar-refractivity contribution in [3.8, 4) is 0 Å². The SMILES string of the molecule is CCOP(=O)(OCC)/C(=N\Nc1c(Cl)cccc1Cl)C(CC(C)=O)c1ccccc1. The van der Waals surface area contributed by atoms with Gasteiger partial charge in [-0.05, 0) is 38.5 Å². The predicted octanol–water partition coefficient (Wildman–Crippen LogP) is 6.75. The maximum absolute atomic E-state index is 13.7. The molecule has 1 N–H and O–H groups in total. The average Bonchev–Trinajstić information content (AvgIpc) is 2.70. The molecule has 1 atom stereocenters. The van der Waals surface area contributed by atoms with Gasteiger partial charge < -0.3 is 9.05 Å². The van der Waals surface area contributed by atoms with E-state index in [0.29, 0.717) is 15.7 Å². The number of benzene rings is 2. The summed E-state index contributed by atoms with van der Waals surface area (Å²) in [5.41, 5.74) is 4.01. The molecular formula is C21H25Cl2N2O4P. The summed E-state index contributed by atoms with van der Waals surface area (Å²) in [6, 6.07) is 14.2. The standard InChI is InChI=1S/C21H25Cl2N2O4P/c1-4-28-30(27,29-5-2)21(25-24-20-18(22)12-9-13-19(20)23)17(14-15(3)26)16-10-7-6-8-11-16/h6-13,17,24H,4-5,14H2,1-3H3/b25-21-. The van der Waals surface area contributed by atoms with Crippen molar-refractivity contribution in [3.63, 3.8) is 0 Å². The number of ketones is 1. The van der Waals surface area contributed by atoms with Gasteiger partial charge in [0.1, 0.15) is 5.78 Å². The second-order valence-electron chi connectivity index (χ2n) is 6.38. The molecule has 0 spiro atoms. The first-order valence-corrected chi connectivity index (χ1v) is 11.8. The first-order valence-electron chi connectivity index (χ1n) is 9.54. The zero-order chi connectivity index (χ0) is 22.1. The molecule has 2 aromatic rings. The van der Waals surface area contributed by atoms with Gasteiger partial charge in [0.25, 0.3) is 0 Å². The van der Waals surface area contributed by atoms with E-state index in [1.54, 1.807) is 32.0 Å². The van der Waals surface area contributed by atoms with Crippen LogP contribution in [-0.4, -0.2) is 24.4 Å². The first kappa shape index (κ1) is 24.6. The number of para-hydroxylation sites is 1. The Hall–Kier alpha value is -1.69. The Bertz CT molecular complexity index is 908. The summed E-state index contributed by atoms with van der Waals surface area (Å²) in [5, 5.41) is 5.07. The number of hydrogen-bond acceptors (Lipinski definition) is 6. The van der Waals surface area contributed by atoms with Crippen LogP contribution in [0.1, 0.15) is 38.7 Å². The van der Waals surface area contributed by atoms with Gasteiger partial charge in [0.15, 0.2) is 5.45 Å².